The molecule has 0 atom stereocenters. The Morgan fingerprint density at radius 2 is 1.93 bits per heavy atom. The Labute approximate surface area is 161 Å². The van der Waals surface area contributed by atoms with Crippen molar-refractivity contribution in [1.82, 2.24) is 9.78 Å². The standard InChI is InChI=1S/C20H21N3O3S/c1-4-16-13(2)10-17(27-16)20(25)26-12-19(24)21-18-11-14(3)22-23(18)15-8-6-5-7-9-15/h5-11H,4,12H2,1-3H3,(H,21,24). The van der Waals surface area contributed by atoms with Crippen molar-refractivity contribution in [2.75, 3.05) is 11.9 Å². The van der Waals surface area contributed by atoms with E-state index in [2.05, 4.69) is 10.4 Å². The molecule has 3 aromatic rings. The van der Waals surface area contributed by atoms with E-state index in [4.69, 9.17) is 4.74 Å². The van der Waals surface area contributed by atoms with E-state index in [0.717, 1.165) is 28.2 Å². The molecule has 3 rings (SSSR count). The van der Waals surface area contributed by atoms with Crippen LogP contribution in [0.2, 0.25) is 0 Å². The average Bonchev–Trinajstić information content (AvgIpc) is 3.22. The Morgan fingerprint density at radius 1 is 1.19 bits per heavy atom. The van der Waals surface area contributed by atoms with Crippen LogP contribution in [0.5, 0.6) is 0 Å². The molecule has 7 heteroatoms. The first kappa shape index (κ1) is 18.8. The highest BCUT2D eigenvalue weighted by molar-refractivity contribution is 7.14. The van der Waals surface area contributed by atoms with Crippen LogP contribution in [0.1, 0.15) is 32.7 Å². The number of esters is 1. The molecule has 1 aromatic carbocycles. The lowest BCUT2D eigenvalue weighted by molar-refractivity contribution is -0.119. The van der Waals surface area contributed by atoms with Crippen LogP contribution in [0.4, 0.5) is 5.82 Å². The first-order chi connectivity index (χ1) is 13.0. The summed E-state index contributed by atoms with van der Waals surface area (Å²) in [6, 6.07) is 13.1. The summed E-state index contributed by atoms with van der Waals surface area (Å²) in [5.41, 5.74) is 2.67. The van der Waals surface area contributed by atoms with Gasteiger partial charge in [-0.25, -0.2) is 9.48 Å². The van der Waals surface area contributed by atoms with Crippen molar-refractivity contribution in [3.63, 3.8) is 0 Å². The Bertz CT molecular complexity index is 960. The maximum Gasteiger partial charge on any atom is 0.348 e. The molecule has 0 aliphatic carbocycles. The van der Waals surface area contributed by atoms with Gasteiger partial charge in [-0.3, -0.25) is 4.79 Å². The number of nitrogens with zero attached hydrogens (tertiary/aromatic N) is 2. The van der Waals surface area contributed by atoms with E-state index in [0.29, 0.717) is 10.7 Å². The fourth-order valence-corrected chi connectivity index (χ4v) is 3.71. The van der Waals surface area contributed by atoms with Crippen LogP contribution in [0.25, 0.3) is 5.69 Å². The zero-order valence-electron chi connectivity index (χ0n) is 15.5. The summed E-state index contributed by atoms with van der Waals surface area (Å²) in [5, 5.41) is 7.15. The zero-order valence-corrected chi connectivity index (χ0v) is 16.3. The number of aromatic nitrogens is 2. The molecule has 0 unspecified atom stereocenters. The van der Waals surface area contributed by atoms with Crippen molar-refractivity contribution in [2.45, 2.75) is 27.2 Å². The first-order valence-corrected chi connectivity index (χ1v) is 9.48. The van der Waals surface area contributed by atoms with E-state index in [-0.39, 0.29) is 6.61 Å². The molecule has 2 heterocycles. The van der Waals surface area contributed by atoms with Crippen LogP contribution in [-0.2, 0) is 16.0 Å². The van der Waals surface area contributed by atoms with Gasteiger partial charge in [0.25, 0.3) is 5.91 Å². The van der Waals surface area contributed by atoms with Crippen molar-refractivity contribution in [3.05, 3.63) is 63.5 Å². The summed E-state index contributed by atoms with van der Waals surface area (Å²) in [4.78, 5) is 26.1. The molecule has 6 nitrogen and oxygen atoms in total. The number of ether oxygens (including phenoxy) is 1. The molecule has 0 aliphatic heterocycles. The summed E-state index contributed by atoms with van der Waals surface area (Å²) in [7, 11) is 0. The van der Waals surface area contributed by atoms with Gasteiger partial charge in [0.05, 0.1) is 11.4 Å². The molecule has 0 spiro atoms. The molecule has 1 amide bonds. The first-order valence-electron chi connectivity index (χ1n) is 8.66. The van der Waals surface area contributed by atoms with E-state index in [1.165, 1.54) is 11.3 Å². The molecule has 0 saturated heterocycles. The number of hydrogen-bond donors (Lipinski definition) is 1. The van der Waals surface area contributed by atoms with E-state index >= 15 is 0 Å². The van der Waals surface area contributed by atoms with Gasteiger partial charge in [-0.15, -0.1) is 11.3 Å². The molecule has 0 fully saturated rings. The second kappa shape index (κ2) is 8.18. The summed E-state index contributed by atoms with van der Waals surface area (Å²) >= 11 is 1.41. The van der Waals surface area contributed by atoms with Gasteiger partial charge in [0.15, 0.2) is 6.61 Å². The number of para-hydroxylation sites is 1. The second-order valence-electron chi connectivity index (χ2n) is 6.11. The number of amides is 1. The van der Waals surface area contributed by atoms with Gasteiger partial charge < -0.3 is 10.1 Å². The number of aryl methyl sites for hydroxylation is 3. The highest BCUT2D eigenvalue weighted by Gasteiger charge is 2.16. The molecular formula is C20H21N3O3S. The third kappa shape index (κ3) is 4.43. The van der Waals surface area contributed by atoms with Crippen LogP contribution in [0.3, 0.4) is 0 Å². The van der Waals surface area contributed by atoms with Gasteiger partial charge in [-0.2, -0.15) is 5.10 Å². The normalized spacial score (nSPS) is 10.6. The smallest absolute Gasteiger partial charge is 0.348 e. The predicted molar refractivity (Wildman–Crippen MR) is 106 cm³/mol. The maximum absolute atomic E-state index is 12.2. The molecule has 0 radical (unpaired) electrons. The summed E-state index contributed by atoms with van der Waals surface area (Å²) < 4.78 is 6.80. The predicted octanol–water partition coefficient (Wildman–Crippen LogP) is 3.91. The Morgan fingerprint density at radius 3 is 2.59 bits per heavy atom. The Hall–Kier alpha value is -2.93. The molecule has 0 bridgehead atoms. The zero-order chi connectivity index (χ0) is 19.4. The number of rotatable bonds is 6. The summed E-state index contributed by atoms with van der Waals surface area (Å²) in [6.45, 7) is 5.50. The van der Waals surface area contributed by atoms with Crippen LogP contribution in [0, 0.1) is 13.8 Å². The van der Waals surface area contributed by atoms with Crippen LogP contribution >= 0.6 is 11.3 Å². The van der Waals surface area contributed by atoms with Gasteiger partial charge in [-0.05, 0) is 44.0 Å². The average molecular weight is 383 g/mol. The Balaban J connectivity index is 1.64. The number of hydrogen-bond acceptors (Lipinski definition) is 5. The van der Waals surface area contributed by atoms with Gasteiger partial charge in [-0.1, -0.05) is 25.1 Å². The lowest BCUT2D eigenvalue weighted by Gasteiger charge is -2.09. The van der Waals surface area contributed by atoms with Gasteiger partial charge in [0.1, 0.15) is 10.7 Å². The third-order valence-electron chi connectivity index (χ3n) is 3.98. The minimum absolute atomic E-state index is 0.351. The highest BCUT2D eigenvalue weighted by Crippen LogP contribution is 2.23. The SMILES string of the molecule is CCc1sc(C(=O)OCC(=O)Nc2cc(C)nn2-c2ccccc2)cc1C. The number of carbonyl (C=O) groups excluding carboxylic acids is 2. The largest absolute Gasteiger partial charge is 0.451 e. The van der Waals surface area contributed by atoms with Crippen molar-refractivity contribution >= 4 is 29.0 Å². The van der Waals surface area contributed by atoms with Crippen LogP contribution in [-0.4, -0.2) is 28.3 Å². The minimum atomic E-state index is -0.481. The topological polar surface area (TPSA) is 73.2 Å². The Kier molecular flexibility index (Phi) is 5.71. The summed E-state index contributed by atoms with van der Waals surface area (Å²) in [5.74, 6) is -0.366. The van der Waals surface area contributed by atoms with Gasteiger partial charge in [0, 0.05) is 10.9 Å². The number of nitrogens with one attached hydrogen (secondary N) is 1. The number of carbonyl (C=O) groups is 2. The number of anilines is 1. The van der Waals surface area contributed by atoms with Gasteiger partial charge >= 0.3 is 5.97 Å². The monoisotopic (exact) mass is 383 g/mol. The molecule has 27 heavy (non-hydrogen) atoms. The van der Waals surface area contributed by atoms with Crippen molar-refractivity contribution < 1.29 is 14.3 Å². The lowest BCUT2D eigenvalue weighted by atomic mass is 10.2. The third-order valence-corrected chi connectivity index (χ3v) is 5.34. The second-order valence-corrected chi connectivity index (χ2v) is 7.25. The number of thiophene rings is 1. The van der Waals surface area contributed by atoms with E-state index in [1.54, 1.807) is 16.8 Å². The molecule has 2 aromatic heterocycles. The molecule has 0 saturated carbocycles. The highest BCUT2D eigenvalue weighted by atomic mass is 32.1. The van der Waals surface area contributed by atoms with Crippen LogP contribution in [0.15, 0.2) is 42.5 Å². The van der Waals surface area contributed by atoms with E-state index in [1.807, 2.05) is 51.1 Å². The molecule has 140 valence electrons. The fraction of sp³-hybridized carbons (Fsp3) is 0.250. The minimum Gasteiger partial charge on any atom is -0.451 e. The van der Waals surface area contributed by atoms with Crippen molar-refractivity contribution in [1.29, 1.82) is 0 Å². The molecule has 0 aliphatic rings. The van der Waals surface area contributed by atoms with Crippen molar-refractivity contribution in [3.8, 4) is 5.69 Å². The summed E-state index contributed by atoms with van der Waals surface area (Å²) in [6.07, 6.45) is 0.868. The van der Waals surface area contributed by atoms with Crippen molar-refractivity contribution in [2.24, 2.45) is 0 Å². The van der Waals surface area contributed by atoms with E-state index in [9.17, 15) is 9.59 Å². The van der Waals surface area contributed by atoms with Gasteiger partial charge in [0.2, 0.25) is 0 Å². The molecular weight excluding hydrogens is 362 g/mol. The van der Waals surface area contributed by atoms with E-state index < -0.39 is 11.9 Å². The van der Waals surface area contributed by atoms with Crippen LogP contribution < -0.4 is 5.32 Å². The molecule has 1 N–H and O–H groups in total. The number of benzene rings is 1. The lowest BCUT2D eigenvalue weighted by Crippen LogP contribution is -2.22. The maximum atomic E-state index is 12.2. The fourth-order valence-electron chi connectivity index (χ4n) is 2.71. The quantitative estimate of drug-likeness (QED) is 0.655.